The second kappa shape index (κ2) is 7.56. The molecule has 2 aromatic heterocycles. The minimum Gasteiger partial charge on any atom is -0.375 e. The highest BCUT2D eigenvalue weighted by Crippen LogP contribution is 2.15. The highest BCUT2D eigenvalue weighted by Gasteiger charge is 2.17. The molecule has 0 aromatic carbocycles. The van der Waals surface area contributed by atoms with Crippen LogP contribution in [0.3, 0.4) is 0 Å². The van der Waals surface area contributed by atoms with Crippen molar-refractivity contribution in [2.75, 3.05) is 43.4 Å². The number of pyridine rings is 1. The minimum atomic E-state index is 0.681. The van der Waals surface area contributed by atoms with Crippen LogP contribution in [0.15, 0.2) is 29.8 Å². The molecule has 6 heteroatoms. The number of nitrogens with two attached hydrogens (primary N) is 1. The summed E-state index contributed by atoms with van der Waals surface area (Å²) < 4.78 is 0. The molecule has 1 fully saturated rings. The summed E-state index contributed by atoms with van der Waals surface area (Å²) in [5.41, 5.74) is 6.79. The van der Waals surface area contributed by atoms with Crippen LogP contribution >= 0.6 is 11.3 Å². The molecule has 0 atom stereocenters. The molecule has 0 aliphatic carbocycles. The lowest BCUT2D eigenvalue weighted by atomic mass is 10.2. The second-order valence-corrected chi connectivity index (χ2v) is 6.54. The molecular weight excluding hydrogens is 294 g/mol. The lowest BCUT2D eigenvalue weighted by Crippen LogP contribution is -2.46. The summed E-state index contributed by atoms with van der Waals surface area (Å²) in [7, 11) is 0. The molecule has 2 N–H and O–H groups in total. The van der Waals surface area contributed by atoms with E-state index in [1.54, 1.807) is 0 Å². The Morgan fingerprint density at radius 1 is 1.14 bits per heavy atom. The van der Waals surface area contributed by atoms with Crippen molar-refractivity contribution in [3.05, 3.63) is 35.5 Å². The van der Waals surface area contributed by atoms with E-state index >= 15 is 0 Å². The number of aromatic nitrogens is 2. The van der Waals surface area contributed by atoms with Gasteiger partial charge in [-0.25, -0.2) is 9.97 Å². The highest BCUT2D eigenvalue weighted by atomic mass is 32.1. The Labute approximate surface area is 135 Å². The summed E-state index contributed by atoms with van der Waals surface area (Å²) in [4.78, 5) is 13.7. The number of anilines is 2. The van der Waals surface area contributed by atoms with Crippen LogP contribution in [0.25, 0.3) is 0 Å². The SMILES string of the molecule is Nc1nc(CCCCN2CCN(c3ccccn3)CC2)cs1. The van der Waals surface area contributed by atoms with Crippen LogP contribution in [0.2, 0.25) is 0 Å². The number of thiazole rings is 1. The van der Waals surface area contributed by atoms with E-state index in [9.17, 15) is 0 Å². The first-order valence-corrected chi connectivity index (χ1v) is 8.77. The number of unbranched alkanes of at least 4 members (excludes halogenated alkanes) is 1. The number of aryl methyl sites for hydroxylation is 1. The van der Waals surface area contributed by atoms with E-state index in [1.165, 1.54) is 30.7 Å². The molecule has 0 bridgehead atoms. The van der Waals surface area contributed by atoms with E-state index in [-0.39, 0.29) is 0 Å². The van der Waals surface area contributed by atoms with Crippen LogP contribution in [-0.4, -0.2) is 47.6 Å². The minimum absolute atomic E-state index is 0.681. The Bertz CT molecular complexity index is 563. The Kier molecular flexibility index (Phi) is 5.24. The van der Waals surface area contributed by atoms with Crippen molar-refractivity contribution in [2.24, 2.45) is 0 Å². The van der Waals surface area contributed by atoms with Crippen molar-refractivity contribution < 1.29 is 0 Å². The predicted octanol–water partition coefficient (Wildman–Crippen LogP) is 2.27. The first kappa shape index (κ1) is 15.2. The maximum Gasteiger partial charge on any atom is 0.180 e. The van der Waals surface area contributed by atoms with Crippen molar-refractivity contribution in [1.29, 1.82) is 0 Å². The quantitative estimate of drug-likeness (QED) is 0.828. The van der Waals surface area contributed by atoms with Crippen LogP contribution in [-0.2, 0) is 6.42 Å². The zero-order valence-electron chi connectivity index (χ0n) is 12.8. The number of piperazine rings is 1. The molecule has 0 amide bonds. The van der Waals surface area contributed by atoms with Crippen molar-refractivity contribution in [3.8, 4) is 0 Å². The number of hydrogen-bond donors (Lipinski definition) is 1. The molecule has 2 aromatic rings. The normalized spacial score (nSPS) is 16.1. The summed E-state index contributed by atoms with van der Waals surface area (Å²) in [5, 5.41) is 2.75. The van der Waals surface area contributed by atoms with Crippen molar-refractivity contribution in [2.45, 2.75) is 19.3 Å². The van der Waals surface area contributed by atoms with Crippen molar-refractivity contribution in [1.82, 2.24) is 14.9 Å². The topological polar surface area (TPSA) is 58.3 Å². The number of nitrogens with zero attached hydrogens (tertiary/aromatic N) is 4. The first-order valence-electron chi connectivity index (χ1n) is 7.89. The van der Waals surface area contributed by atoms with Gasteiger partial charge in [-0.05, 0) is 37.9 Å². The molecule has 0 saturated carbocycles. The van der Waals surface area contributed by atoms with E-state index in [1.807, 2.05) is 12.3 Å². The Balaban J connectivity index is 1.34. The average molecular weight is 317 g/mol. The van der Waals surface area contributed by atoms with Crippen LogP contribution < -0.4 is 10.6 Å². The van der Waals surface area contributed by atoms with E-state index < -0.39 is 0 Å². The molecule has 0 radical (unpaired) electrons. The molecule has 118 valence electrons. The van der Waals surface area contributed by atoms with Gasteiger partial charge in [0.05, 0.1) is 5.69 Å². The Hall–Kier alpha value is -1.66. The summed E-state index contributed by atoms with van der Waals surface area (Å²) in [6, 6.07) is 6.12. The number of rotatable bonds is 6. The van der Waals surface area contributed by atoms with Crippen LogP contribution in [0.4, 0.5) is 10.9 Å². The van der Waals surface area contributed by atoms with E-state index in [0.717, 1.165) is 44.1 Å². The maximum absolute atomic E-state index is 5.65. The smallest absolute Gasteiger partial charge is 0.180 e. The van der Waals surface area contributed by atoms with Gasteiger partial charge in [-0.1, -0.05) is 6.07 Å². The van der Waals surface area contributed by atoms with Crippen molar-refractivity contribution >= 4 is 22.3 Å². The van der Waals surface area contributed by atoms with Crippen LogP contribution in [0.5, 0.6) is 0 Å². The molecule has 0 unspecified atom stereocenters. The standard InChI is InChI=1S/C16H23N5S/c17-16-19-14(13-22-16)5-2-4-8-20-9-11-21(12-10-20)15-6-1-3-7-18-15/h1,3,6-7,13H,2,4-5,8-12H2,(H2,17,19). The molecule has 3 heterocycles. The van der Waals surface area contributed by atoms with E-state index in [2.05, 4.69) is 37.3 Å². The Morgan fingerprint density at radius 3 is 2.68 bits per heavy atom. The van der Waals surface area contributed by atoms with Gasteiger partial charge in [-0.3, -0.25) is 4.90 Å². The maximum atomic E-state index is 5.65. The third-order valence-corrected chi connectivity index (χ3v) is 4.80. The lowest BCUT2D eigenvalue weighted by molar-refractivity contribution is 0.252. The fourth-order valence-electron chi connectivity index (χ4n) is 2.82. The molecular formula is C16H23N5S. The fourth-order valence-corrected chi connectivity index (χ4v) is 3.42. The van der Waals surface area contributed by atoms with Gasteiger partial charge in [0.1, 0.15) is 5.82 Å². The lowest BCUT2D eigenvalue weighted by Gasteiger charge is -2.35. The number of nitrogen functional groups attached to an aromatic ring is 1. The molecule has 5 nitrogen and oxygen atoms in total. The number of hydrogen-bond acceptors (Lipinski definition) is 6. The van der Waals surface area contributed by atoms with Gasteiger partial charge in [0.15, 0.2) is 5.13 Å². The fraction of sp³-hybridized carbons (Fsp3) is 0.500. The average Bonchev–Trinajstić information content (AvgIpc) is 2.98. The molecule has 1 saturated heterocycles. The molecule has 1 aliphatic heterocycles. The summed E-state index contributed by atoms with van der Waals surface area (Å²) >= 11 is 1.53. The second-order valence-electron chi connectivity index (χ2n) is 5.65. The first-order chi connectivity index (χ1) is 10.8. The molecule has 1 aliphatic rings. The van der Waals surface area contributed by atoms with Gasteiger partial charge in [0.2, 0.25) is 0 Å². The third kappa shape index (κ3) is 4.18. The van der Waals surface area contributed by atoms with Gasteiger partial charge in [0.25, 0.3) is 0 Å². The predicted molar refractivity (Wildman–Crippen MR) is 92.4 cm³/mol. The summed E-state index contributed by atoms with van der Waals surface area (Å²) in [6.45, 7) is 5.56. The zero-order valence-corrected chi connectivity index (χ0v) is 13.6. The molecule has 0 spiro atoms. The zero-order chi connectivity index (χ0) is 15.2. The van der Waals surface area contributed by atoms with Crippen LogP contribution in [0.1, 0.15) is 18.5 Å². The van der Waals surface area contributed by atoms with Gasteiger partial charge >= 0.3 is 0 Å². The molecule has 3 rings (SSSR count). The van der Waals surface area contributed by atoms with Gasteiger partial charge in [0, 0.05) is 37.8 Å². The monoisotopic (exact) mass is 317 g/mol. The van der Waals surface area contributed by atoms with E-state index in [4.69, 9.17) is 5.73 Å². The van der Waals surface area contributed by atoms with Crippen molar-refractivity contribution in [3.63, 3.8) is 0 Å². The van der Waals surface area contributed by atoms with Crippen LogP contribution in [0, 0.1) is 0 Å². The van der Waals surface area contributed by atoms with E-state index in [0.29, 0.717) is 5.13 Å². The third-order valence-electron chi connectivity index (χ3n) is 4.07. The Morgan fingerprint density at radius 2 is 2.00 bits per heavy atom. The van der Waals surface area contributed by atoms with Gasteiger partial charge in [-0.15, -0.1) is 11.3 Å². The van der Waals surface area contributed by atoms with Gasteiger partial charge in [-0.2, -0.15) is 0 Å². The highest BCUT2D eigenvalue weighted by molar-refractivity contribution is 7.13. The summed E-state index contributed by atoms with van der Waals surface area (Å²) in [5.74, 6) is 1.10. The summed E-state index contributed by atoms with van der Waals surface area (Å²) in [6.07, 6.45) is 5.32. The van der Waals surface area contributed by atoms with Gasteiger partial charge < -0.3 is 10.6 Å². The molecule has 22 heavy (non-hydrogen) atoms. The largest absolute Gasteiger partial charge is 0.375 e.